The van der Waals surface area contributed by atoms with Gasteiger partial charge in [0.05, 0.1) is 12.2 Å². The molecule has 0 saturated carbocycles. The third-order valence-corrected chi connectivity index (χ3v) is 7.24. The van der Waals surface area contributed by atoms with Crippen LogP contribution in [0.15, 0.2) is 48.5 Å². The molecule has 0 aliphatic carbocycles. The van der Waals surface area contributed by atoms with E-state index in [1.807, 2.05) is 42.5 Å². The Morgan fingerprint density at radius 2 is 1.81 bits per heavy atom. The summed E-state index contributed by atoms with van der Waals surface area (Å²) in [6.07, 6.45) is 0.939. The zero-order valence-corrected chi connectivity index (χ0v) is 22.5. The van der Waals surface area contributed by atoms with Gasteiger partial charge in [-0.15, -0.1) is 15.3 Å². The average molecular weight is 540 g/mol. The third kappa shape index (κ3) is 5.95. The molecule has 0 atom stereocenters. The summed E-state index contributed by atoms with van der Waals surface area (Å²) < 4.78 is 7.60. The number of ether oxygens (including phenoxy) is 1. The highest BCUT2D eigenvalue weighted by atomic mass is 35.5. The summed E-state index contributed by atoms with van der Waals surface area (Å²) in [5, 5.41) is 15.5. The zero-order chi connectivity index (χ0) is 25.8. The van der Waals surface area contributed by atoms with E-state index >= 15 is 0 Å². The summed E-state index contributed by atoms with van der Waals surface area (Å²) in [5.74, 6) is 1.65. The molecule has 4 aromatic rings. The van der Waals surface area contributed by atoms with Gasteiger partial charge >= 0.3 is 0 Å². The molecule has 5 rings (SSSR count). The van der Waals surface area contributed by atoms with E-state index in [-0.39, 0.29) is 5.95 Å². The van der Waals surface area contributed by atoms with Gasteiger partial charge in [0.15, 0.2) is 5.01 Å². The fourth-order valence-corrected chi connectivity index (χ4v) is 5.19. The lowest BCUT2D eigenvalue weighted by Crippen LogP contribution is -2.47. The quantitative estimate of drug-likeness (QED) is 0.319. The minimum Gasteiger partial charge on any atom is -0.493 e. The van der Waals surface area contributed by atoms with Gasteiger partial charge in [-0.2, -0.15) is 9.67 Å². The van der Waals surface area contributed by atoms with E-state index in [0.29, 0.717) is 17.7 Å². The van der Waals surface area contributed by atoms with Crippen LogP contribution in [-0.4, -0.2) is 83.3 Å². The third-order valence-electron chi connectivity index (χ3n) is 6.08. The van der Waals surface area contributed by atoms with Crippen molar-refractivity contribution in [3.8, 4) is 21.5 Å². The molecule has 10 nitrogen and oxygen atoms in total. The van der Waals surface area contributed by atoms with E-state index in [1.165, 1.54) is 11.3 Å². The Morgan fingerprint density at radius 1 is 1.03 bits per heavy atom. The fourth-order valence-electron chi connectivity index (χ4n) is 4.17. The standard InChI is InChI=1S/C25H30ClN9OS/c1-32(2)11-6-16-36-21-10-4-3-9-20(21)22-29-30-25(37-22)35-23(27)28-24(31-35)34-14-12-33(13-15-34)19-8-5-7-18(26)17-19/h3-5,7-10,17H,6,11-16H2,1-2H3,(H2,27,28,31). The molecule has 0 bridgehead atoms. The highest BCUT2D eigenvalue weighted by Crippen LogP contribution is 2.33. The van der Waals surface area contributed by atoms with Crippen molar-refractivity contribution in [2.24, 2.45) is 0 Å². The van der Waals surface area contributed by atoms with Crippen molar-refractivity contribution in [1.29, 1.82) is 0 Å². The van der Waals surface area contributed by atoms with Crippen molar-refractivity contribution in [3.63, 3.8) is 0 Å². The van der Waals surface area contributed by atoms with Crippen LogP contribution in [-0.2, 0) is 0 Å². The molecule has 12 heteroatoms. The lowest BCUT2D eigenvalue weighted by Gasteiger charge is -2.35. The summed E-state index contributed by atoms with van der Waals surface area (Å²) in [6, 6.07) is 15.8. The smallest absolute Gasteiger partial charge is 0.247 e. The van der Waals surface area contributed by atoms with Crippen molar-refractivity contribution in [2.75, 3.05) is 69.0 Å². The van der Waals surface area contributed by atoms with Crippen molar-refractivity contribution in [2.45, 2.75) is 6.42 Å². The van der Waals surface area contributed by atoms with Crippen LogP contribution in [0.4, 0.5) is 17.6 Å². The predicted molar refractivity (Wildman–Crippen MR) is 149 cm³/mol. The van der Waals surface area contributed by atoms with Crippen LogP contribution >= 0.6 is 22.9 Å². The van der Waals surface area contributed by atoms with Crippen LogP contribution in [0, 0.1) is 0 Å². The molecule has 194 valence electrons. The summed E-state index contributed by atoms with van der Waals surface area (Å²) in [4.78, 5) is 11.1. The SMILES string of the molecule is CN(C)CCCOc1ccccc1-c1nnc(-n2nc(N3CCN(c4cccc(Cl)c4)CC3)nc2N)s1. The van der Waals surface area contributed by atoms with Crippen molar-refractivity contribution < 1.29 is 4.74 Å². The van der Waals surface area contributed by atoms with Crippen LogP contribution in [0.25, 0.3) is 15.7 Å². The molecule has 0 spiro atoms. The second-order valence-corrected chi connectivity index (χ2v) is 10.4. The van der Waals surface area contributed by atoms with Crippen molar-refractivity contribution >= 4 is 40.5 Å². The summed E-state index contributed by atoms with van der Waals surface area (Å²) in [5.41, 5.74) is 8.26. The Morgan fingerprint density at radius 3 is 2.59 bits per heavy atom. The molecule has 3 heterocycles. The van der Waals surface area contributed by atoms with Gasteiger partial charge in [0, 0.05) is 43.4 Å². The monoisotopic (exact) mass is 539 g/mol. The number of para-hydroxylation sites is 1. The number of benzene rings is 2. The van der Waals surface area contributed by atoms with E-state index in [9.17, 15) is 0 Å². The van der Waals surface area contributed by atoms with E-state index in [2.05, 4.69) is 55.1 Å². The molecule has 2 aromatic carbocycles. The lowest BCUT2D eigenvalue weighted by atomic mass is 10.2. The first-order valence-electron chi connectivity index (χ1n) is 12.2. The zero-order valence-electron chi connectivity index (χ0n) is 20.9. The molecule has 2 aromatic heterocycles. The van der Waals surface area contributed by atoms with Crippen LogP contribution in [0.1, 0.15) is 6.42 Å². The summed E-state index contributed by atoms with van der Waals surface area (Å²) in [7, 11) is 4.11. The highest BCUT2D eigenvalue weighted by molar-refractivity contribution is 7.17. The number of aromatic nitrogens is 5. The van der Waals surface area contributed by atoms with Gasteiger partial charge in [0.2, 0.25) is 17.0 Å². The van der Waals surface area contributed by atoms with E-state index < -0.39 is 0 Å². The highest BCUT2D eigenvalue weighted by Gasteiger charge is 2.23. The Balaban J connectivity index is 1.27. The number of rotatable bonds is 9. The predicted octanol–water partition coefficient (Wildman–Crippen LogP) is 3.68. The van der Waals surface area contributed by atoms with Crippen LogP contribution < -0.4 is 20.3 Å². The number of nitrogens with two attached hydrogens (primary N) is 1. The first kappa shape index (κ1) is 25.2. The van der Waals surface area contributed by atoms with Crippen LogP contribution in [0.2, 0.25) is 5.02 Å². The van der Waals surface area contributed by atoms with Gasteiger partial charge in [-0.05, 0) is 50.8 Å². The second-order valence-electron chi connectivity index (χ2n) is 9.03. The van der Waals surface area contributed by atoms with Crippen LogP contribution in [0.3, 0.4) is 0 Å². The maximum Gasteiger partial charge on any atom is 0.247 e. The first-order valence-corrected chi connectivity index (χ1v) is 13.4. The van der Waals surface area contributed by atoms with Gasteiger partial charge in [-0.1, -0.05) is 41.1 Å². The molecule has 2 N–H and O–H groups in total. The minimum absolute atomic E-state index is 0.281. The van der Waals surface area contributed by atoms with E-state index in [0.717, 1.165) is 66.2 Å². The Labute approximate surface area is 225 Å². The molecule has 1 aliphatic heterocycles. The number of nitrogen functional groups attached to an aromatic ring is 1. The van der Waals surface area contributed by atoms with Crippen molar-refractivity contribution in [3.05, 3.63) is 53.6 Å². The number of nitrogens with zero attached hydrogens (tertiary/aromatic N) is 8. The molecular formula is C25H30ClN9OS. The summed E-state index contributed by atoms with van der Waals surface area (Å²) >= 11 is 7.56. The molecule has 1 fully saturated rings. The Kier molecular flexibility index (Phi) is 7.73. The largest absolute Gasteiger partial charge is 0.493 e. The first-order chi connectivity index (χ1) is 18.0. The van der Waals surface area contributed by atoms with Gasteiger partial charge in [0.25, 0.3) is 0 Å². The number of hydrogen-bond acceptors (Lipinski definition) is 10. The molecule has 1 saturated heterocycles. The Hall–Kier alpha value is -3.41. The van der Waals surface area contributed by atoms with Gasteiger partial charge < -0.3 is 25.2 Å². The molecule has 0 radical (unpaired) electrons. The summed E-state index contributed by atoms with van der Waals surface area (Å²) in [6.45, 7) is 4.82. The number of halogens is 1. The molecular weight excluding hydrogens is 510 g/mol. The molecule has 0 unspecified atom stereocenters. The minimum atomic E-state index is 0.281. The normalized spacial score (nSPS) is 13.9. The lowest BCUT2D eigenvalue weighted by molar-refractivity contribution is 0.282. The number of anilines is 3. The average Bonchev–Trinajstić information content (AvgIpc) is 3.54. The van der Waals surface area contributed by atoms with E-state index in [4.69, 9.17) is 22.1 Å². The maximum absolute atomic E-state index is 6.25. The fraction of sp³-hybridized carbons (Fsp3) is 0.360. The van der Waals surface area contributed by atoms with Gasteiger partial charge in [-0.3, -0.25) is 0 Å². The Bertz CT molecular complexity index is 1330. The van der Waals surface area contributed by atoms with E-state index in [1.54, 1.807) is 4.68 Å². The topological polar surface area (TPSA) is 101 Å². The molecule has 1 aliphatic rings. The van der Waals surface area contributed by atoms with Gasteiger partial charge in [-0.25, -0.2) is 0 Å². The maximum atomic E-state index is 6.25. The molecule has 0 amide bonds. The number of piperazine rings is 1. The van der Waals surface area contributed by atoms with Crippen LogP contribution in [0.5, 0.6) is 5.75 Å². The molecule has 37 heavy (non-hydrogen) atoms. The van der Waals surface area contributed by atoms with Crippen molar-refractivity contribution in [1.82, 2.24) is 29.9 Å². The second kappa shape index (κ2) is 11.3. The number of hydrogen-bond donors (Lipinski definition) is 1. The van der Waals surface area contributed by atoms with Gasteiger partial charge in [0.1, 0.15) is 5.75 Å².